The van der Waals surface area contributed by atoms with Gasteiger partial charge in [0.05, 0.1) is 24.1 Å². The summed E-state index contributed by atoms with van der Waals surface area (Å²) in [5.74, 6) is 1.23. The lowest BCUT2D eigenvalue weighted by Gasteiger charge is -2.24. The molecule has 0 spiro atoms. The topological polar surface area (TPSA) is 63.3 Å². The van der Waals surface area contributed by atoms with E-state index < -0.39 is 5.83 Å². The molecule has 3 aromatic rings. The largest absolute Gasteiger partial charge is 0.372 e. The second-order valence-electron chi connectivity index (χ2n) is 7.04. The molecule has 0 atom stereocenters. The number of imidazole rings is 2. The van der Waals surface area contributed by atoms with Crippen molar-refractivity contribution < 1.29 is 4.39 Å². The lowest BCUT2D eigenvalue weighted by Crippen LogP contribution is -2.30. The fraction of sp³-hybridized carbons (Fsp3) is 0.286. The first-order valence-corrected chi connectivity index (χ1v) is 9.52. The van der Waals surface area contributed by atoms with E-state index in [0.717, 1.165) is 59.6 Å². The van der Waals surface area contributed by atoms with Gasteiger partial charge in [-0.1, -0.05) is 18.7 Å². The Balaban J connectivity index is 1.90. The normalized spacial score (nSPS) is 15.2. The van der Waals surface area contributed by atoms with E-state index in [-0.39, 0.29) is 0 Å². The van der Waals surface area contributed by atoms with E-state index in [9.17, 15) is 4.39 Å². The number of nitrogens with one attached hydrogen (secondary N) is 1. The van der Waals surface area contributed by atoms with Gasteiger partial charge in [0, 0.05) is 20.1 Å². The average molecular weight is 393 g/mol. The van der Waals surface area contributed by atoms with E-state index in [1.165, 1.54) is 6.08 Å². The van der Waals surface area contributed by atoms with Crippen LogP contribution >= 0.6 is 0 Å². The molecule has 8 heteroatoms. The standard InChI is InChI=1S/C21H24FN7/c1-5-15(7-6-14(2)22)20-21(28-11-10-27(4)13-19(28)25-20)16-8-9-18-24-17(23-3)12-29(18)26-16/h5-9,12,23H,2,10-11,13H2,1,3-4H3/b7-6-,15-5+. The number of likely N-dealkylation sites (N-methyl/N-ethyl adjacent to an activating group) is 1. The van der Waals surface area contributed by atoms with E-state index in [1.807, 2.05) is 38.4 Å². The molecule has 150 valence electrons. The molecule has 0 amide bonds. The highest BCUT2D eigenvalue weighted by molar-refractivity contribution is 5.81. The summed E-state index contributed by atoms with van der Waals surface area (Å²) < 4.78 is 17.2. The summed E-state index contributed by atoms with van der Waals surface area (Å²) in [5.41, 5.74) is 4.10. The molecule has 4 rings (SSSR count). The van der Waals surface area contributed by atoms with Crippen LogP contribution in [0.25, 0.3) is 22.6 Å². The first-order valence-electron chi connectivity index (χ1n) is 9.52. The van der Waals surface area contributed by atoms with E-state index in [4.69, 9.17) is 10.1 Å². The van der Waals surface area contributed by atoms with Gasteiger partial charge in [-0.2, -0.15) is 5.10 Å². The summed E-state index contributed by atoms with van der Waals surface area (Å²) in [6.45, 7) is 7.72. The molecule has 3 aromatic heterocycles. The van der Waals surface area contributed by atoms with Crippen molar-refractivity contribution in [3.8, 4) is 11.4 Å². The minimum Gasteiger partial charge on any atom is -0.372 e. The molecule has 0 saturated heterocycles. The van der Waals surface area contributed by atoms with Gasteiger partial charge in [0.15, 0.2) is 5.65 Å². The van der Waals surface area contributed by atoms with Gasteiger partial charge in [-0.15, -0.1) is 0 Å². The Kier molecular flexibility index (Phi) is 5.02. The van der Waals surface area contributed by atoms with Crippen LogP contribution in [0, 0.1) is 0 Å². The number of allylic oxidation sites excluding steroid dienone is 5. The van der Waals surface area contributed by atoms with Crippen LogP contribution in [0.2, 0.25) is 0 Å². The third kappa shape index (κ3) is 3.58. The molecule has 1 N–H and O–H groups in total. The molecule has 1 aliphatic rings. The van der Waals surface area contributed by atoms with E-state index in [0.29, 0.717) is 0 Å². The van der Waals surface area contributed by atoms with Crippen molar-refractivity contribution in [2.75, 3.05) is 26.0 Å². The molecule has 0 bridgehead atoms. The van der Waals surface area contributed by atoms with Crippen molar-refractivity contribution in [1.82, 2.24) is 29.0 Å². The quantitative estimate of drug-likeness (QED) is 0.672. The van der Waals surface area contributed by atoms with Gasteiger partial charge >= 0.3 is 0 Å². The third-order valence-electron chi connectivity index (χ3n) is 5.01. The zero-order valence-electron chi connectivity index (χ0n) is 16.9. The Morgan fingerprint density at radius 3 is 2.79 bits per heavy atom. The highest BCUT2D eigenvalue weighted by Crippen LogP contribution is 2.32. The lowest BCUT2D eigenvalue weighted by molar-refractivity contribution is 0.265. The first kappa shape index (κ1) is 19.1. The van der Waals surface area contributed by atoms with Crippen LogP contribution in [0.1, 0.15) is 18.4 Å². The van der Waals surface area contributed by atoms with Crippen molar-refractivity contribution >= 4 is 17.0 Å². The number of hydrogen-bond acceptors (Lipinski definition) is 5. The SMILES string of the molecule is C=C(F)/C=C\C(=C/C)c1nc2n(c1-c1ccc3nc(NC)cn3n1)CCN(C)C2. The van der Waals surface area contributed by atoms with E-state index in [1.54, 1.807) is 10.6 Å². The Hall–Kier alpha value is -3.26. The van der Waals surface area contributed by atoms with Gasteiger partial charge in [-0.3, -0.25) is 4.90 Å². The molecule has 1 aliphatic heterocycles. The van der Waals surface area contributed by atoms with E-state index in [2.05, 4.69) is 33.4 Å². The van der Waals surface area contributed by atoms with Crippen molar-refractivity contribution in [2.24, 2.45) is 0 Å². The monoisotopic (exact) mass is 393 g/mol. The van der Waals surface area contributed by atoms with Crippen molar-refractivity contribution in [3.05, 3.63) is 60.5 Å². The van der Waals surface area contributed by atoms with Crippen LogP contribution in [-0.4, -0.2) is 49.7 Å². The van der Waals surface area contributed by atoms with Gasteiger partial charge < -0.3 is 9.88 Å². The maximum Gasteiger partial charge on any atom is 0.156 e. The molecule has 4 heterocycles. The van der Waals surface area contributed by atoms with Crippen LogP contribution in [0.3, 0.4) is 0 Å². The number of aromatic nitrogens is 5. The van der Waals surface area contributed by atoms with Gasteiger partial charge in [-0.05, 0) is 37.8 Å². The van der Waals surface area contributed by atoms with Crippen LogP contribution in [0.4, 0.5) is 10.2 Å². The lowest BCUT2D eigenvalue weighted by atomic mass is 10.1. The van der Waals surface area contributed by atoms with Crippen LogP contribution < -0.4 is 5.32 Å². The first-order chi connectivity index (χ1) is 14.0. The summed E-state index contributed by atoms with van der Waals surface area (Å²) in [5, 5.41) is 7.82. The van der Waals surface area contributed by atoms with Gasteiger partial charge in [0.1, 0.15) is 23.2 Å². The molecule has 0 aromatic carbocycles. The van der Waals surface area contributed by atoms with Crippen molar-refractivity contribution in [2.45, 2.75) is 20.0 Å². The number of hydrogen-bond donors (Lipinski definition) is 1. The number of anilines is 1. The van der Waals surface area contributed by atoms with Crippen LogP contribution in [0.5, 0.6) is 0 Å². The molecule has 0 saturated carbocycles. The molecule has 0 fully saturated rings. The molecule has 0 aliphatic carbocycles. The summed E-state index contributed by atoms with van der Waals surface area (Å²) in [7, 11) is 3.91. The predicted molar refractivity (Wildman–Crippen MR) is 113 cm³/mol. The fourth-order valence-electron chi connectivity index (χ4n) is 3.53. The van der Waals surface area contributed by atoms with Crippen molar-refractivity contribution in [1.29, 1.82) is 0 Å². The second kappa shape index (κ2) is 7.63. The third-order valence-corrected chi connectivity index (χ3v) is 5.01. The maximum atomic E-state index is 13.3. The second-order valence-corrected chi connectivity index (χ2v) is 7.04. The zero-order chi connectivity index (χ0) is 20.5. The number of nitrogens with zero attached hydrogens (tertiary/aromatic N) is 6. The zero-order valence-corrected chi connectivity index (χ0v) is 16.9. The molecule has 0 unspecified atom stereocenters. The summed E-state index contributed by atoms with van der Waals surface area (Å²) in [4.78, 5) is 11.6. The smallest absolute Gasteiger partial charge is 0.156 e. The average Bonchev–Trinajstić information content (AvgIpc) is 3.28. The maximum absolute atomic E-state index is 13.3. The summed E-state index contributed by atoms with van der Waals surface area (Å²) in [6.07, 6.45) is 6.84. The number of fused-ring (bicyclic) bond motifs is 2. The Morgan fingerprint density at radius 1 is 1.24 bits per heavy atom. The highest BCUT2D eigenvalue weighted by atomic mass is 19.1. The number of halogens is 1. The van der Waals surface area contributed by atoms with E-state index >= 15 is 0 Å². The molecule has 29 heavy (non-hydrogen) atoms. The van der Waals surface area contributed by atoms with Crippen LogP contribution in [-0.2, 0) is 13.1 Å². The Labute approximate surface area is 168 Å². The Bertz CT molecular complexity index is 1140. The minimum absolute atomic E-state index is 0.493. The summed E-state index contributed by atoms with van der Waals surface area (Å²) in [6, 6.07) is 3.90. The van der Waals surface area contributed by atoms with Gasteiger partial charge in [0.2, 0.25) is 0 Å². The highest BCUT2D eigenvalue weighted by Gasteiger charge is 2.25. The van der Waals surface area contributed by atoms with Gasteiger partial charge in [-0.25, -0.2) is 18.9 Å². The van der Waals surface area contributed by atoms with Crippen LogP contribution in [0.15, 0.2) is 49.0 Å². The molecule has 0 radical (unpaired) electrons. The van der Waals surface area contributed by atoms with Crippen molar-refractivity contribution in [3.63, 3.8) is 0 Å². The molecule has 7 nitrogen and oxygen atoms in total. The molecular weight excluding hydrogens is 369 g/mol. The fourth-order valence-corrected chi connectivity index (χ4v) is 3.53. The van der Waals surface area contributed by atoms with Gasteiger partial charge in [0.25, 0.3) is 0 Å². The Morgan fingerprint density at radius 2 is 2.07 bits per heavy atom. The number of rotatable bonds is 5. The molecular formula is C21H24FN7. The minimum atomic E-state index is -0.493. The predicted octanol–water partition coefficient (Wildman–Crippen LogP) is 3.52. The summed E-state index contributed by atoms with van der Waals surface area (Å²) >= 11 is 0.